The number of alkyl halides is 3. The number of aromatic nitrogens is 3. The van der Waals surface area contributed by atoms with Gasteiger partial charge in [-0.1, -0.05) is 35.3 Å². The Morgan fingerprint density at radius 3 is 2.51 bits per heavy atom. The Balaban J connectivity index is 1.51. The van der Waals surface area contributed by atoms with E-state index in [0.717, 1.165) is 18.2 Å². The maximum absolute atomic E-state index is 13.4. The number of aryl methyl sites for hydroxylation is 1. The first-order valence-electron chi connectivity index (χ1n) is 11.9. The molecule has 0 saturated carbocycles. The summed E-state index contributed by atoms with van der Waals surface area (Å²) in [5.74, 6) is -0.590. The van der Waals surface area contributed by atoms with Crippen molar-refractivity contribution in [3.05, 3.63) is 104 Å². The largest absolute Gasteiger partial charge is 0.416 e. The second-order valence-electron chi connectivity index (χ2n) is 8.96. The van der Waals surface area contributed by atoms with Gasteiger partial charge in [-0.05, 0) is 54.6 Å². The summed E-state index contributed by atoms with van der Waals surface area (Å²) < 4.78 is 40.6. The van der Waals surface area contributed by atoms with Crippen molar-refractivity contribution in [2.45, 2.75) is 6.18 Å². The molecule has 0 saturated heterocycles. The van der Waals surface area contributed by atoms with Crippen molar-refractivity contribution in [1.29, 1.82) is 0 Å². The summed E-state index contributed by atoms with van der Waals surface area (Å²) in [4.78, 5) is 35.0. The summed E-state index contributed by atoms with van der Waals surface area (Å²) in [5.41, 5.74) is 5.94. The lowest BCUT2D eigenvalue weighted by Crippen LogP contribution is -2.20. The predicted molar refractivity (Wildman–Crippen MR) is 154 cm³/mol. The number of anilines is 4. The minimum absolute atomic E-state index is 0.0496. The summed E-state index contributed by atoms with van der Waals surface area (Å²) in [6, 6.07) is 15.3. The van der Waals surface area contributed by atoms with Crippen LogP contribution in [0.5, 0.6) is 0 Å². The highest BCUT2D eigenvalue weighted by Gasteiger charge is 2.31. The van der Waals surface area contributed by atoms with Gasteiger partial charge in [0, 0.05) is 41.1 Å². The first-order valence-corrected chi connectivity index (χ1v) is 12.6. The second kappa shape index (κ2) is 10.8. The molecular formula is C28H19Cl2F3N6O2. The Bertz CT molecular complexity index is 1890. The van der Waals surface area contributed by atoms with Crippen molar-refractivity contribution < 1.29 is 18.0 Å². The van der Waals surface area contributed by atoms with E-state index in [1.165, 1.54) is 42.1 Å². The van der Waals surface area contributed by atoms with Crippen LogP contribution >= 0.6 is 23.2 Å². The van der Waals surface area contributed by atoms with Gasteiger partial charge in [-0.25, -0.2) is 4.98 Å². The molecule has 8 nitrogen and oxygen atoms in total. The molecule has 0 bridgehead atoms. The topological polar surface area (TPSA) is 115 Å². The molecule has 208 valence electrons. The Hall–Kier alpha value is -4.61. The number of benzene rings is 3. The van der Waals surface area contributed by atoms with Crippen LogP contribution < -0.4 is 21.9 Å². The summed E-state index contributed by atoms with van der Waals surface area (Å²) in [6.07, 6.45) is -3.10. The summed E-state index contributed by atoms with van der Waals surface area (Å²) in [6.45, 7) is 0. The van der Waals surface area contributed by atoms with E-state index >= 15 is 0 Å². The Kier molecular flexibility index (Phi) is 7.33. The molecule has 0 aliphatic heterocycles. The third-order valence-corrected chi connectivity index (χ3v) is 6.86. The molecule has 0 radical (unpaired) electrons. The van der Waals surface area contributed by atoms with Gasteiger partial charge in [0.25, 0.3) is 11.5 Å². The van der Waals surface area contributed by atoms with Gasteiger partial charge >= 0.3 is 6.18 Å². The van der Waals surface area contributed by atoms with Crippen molar-refractivity contribution >= 4 is 63.2 Å². The molecular weight excluding hydrogens is 580 g/mol. The molecule has 0 atom stereocenters. The lowest BCUT2D eigenvalue weighted by atomic mass is 10.0. The van der Waals surface area contributed by atoms with Crippen LogP contribution in [0.4, 0.5) is 36.2 Å². The Morgan fingerprint density at radius 2 is 1.78 bits per heavy atom. The van der Waals surface area contributed by atoms with Crippen LogP contribution in [0, 0.1) is 0 Å². The standard InChI is InChI=1S/C28H19Cl2F3N6O2/c1-39-24-15(13-35-27(38-24)36-18-7-3-6-17(34)12-18)11-19(26(39)41)22-20(29)8-9-21(23(22)30)37-25(40)14-4-2-5-16(10-14)28(31,32)33/h2-13H,34H2,1H3,(H,37,40)(H,35,36,38). The molecule has 0 unspecified atom stereocenters. The minimum Gasteiger partial charge on any atom is -0.399 e. The number of fused-ring (bicyclic) bond motifs is 1. The van der Waals surface area contributed by atoms with Crippen LogP contribution in [0.1, 0.15) is 15.9 Å². The van der Waals surface area contributed by atoms with Crippen LogP contribution in [0.3, 0.4) is 0 Å². The fourth-order valence-corrected chi connectivity index (χ4v) is 4.78. The number of nitrogens with zero attached hydrogens (tertiary/aromatic N) is 3. The van der Waals surface area contributed by atoms with Gasteiger partial charge in [0.05, 0.1) is 26.9 Å². The lowest BCUT2D eigenvalue weighted by molar-refractivity contribution is -0.137. The molecule has 0 spiro atoms. The molecule has 1 amide bonds. The molecule has 5 rings (SSSR count). The van der Waals surface area contributed by atoms with Crippen molar-refractivity contribution in [3.63, 3.8) is 0 Å². The highest BCUT2D eigenvalue weighted by atomic mass is 35.5. The van der Waals surface area contributed by atoms with Gasteiger partial charge in [-0.3, -0.25) is 14.2 Å². The zero-order chi connectivity index (χ0) is 29.5. The van der Waals surface area contributed by atoms with E-state index in [4.69, 9.17) is 28.9 Å². The lowest BCUT2D eigenvalue weighted by Gasteiger charge is -2.15. The number of hydrogen-bond acceptors (Lipinski definition) is 6. The normalized spacial score (nSPS) is 11.5. The summed E-state index contributed by atoms with van der Waals surface area (Å²) >= 11 is 13.1. The zero-order valence-electron chi connectivity index (χ0n) is 21.1. The van der Waals surface area contributed by atoms with Gasteiger partial charge in [0.15, 0.2) is 0 Å². The van der Waals surface area contributed by atoms with E-state index in [2.05, 4.69) is 20.6 Å². The zero-order valence-corrected chi connectivity index (χ0v) is 22.6. The number of amides is 1. The number of carbonyl (C=O) groups is 1. The van der Waals surface area contributed by atoms with E-state index in [9.17, 15) is 22.8 Å². The number of pyridine rings is 1. The maximum Gasteiger partial charge on any atom is 0.416 e. The molecule has 3 aromatic carbocycles. The van der Waals surface area contributed by atoms with Crippen LogP contribution in [-0.2, 0) is 13.2 Å². The average molecular weight is 599 g/mol. The number of carbonyl (C=O) groups excluding carboxylic acids is 1. The van der Waals surface area contributed by atoms with E-state index in [-0.39, 0.29) is 38.4 Å². The quantitative estimate of drug-likeness (QED) is 0.190. The summed E-state index contributed by atoms with van der Waals surface area (Å²) in [5, 5.41) is 6.07. The van der Waals surface area contributed by atoms with Gasteiger partial charge in [0.2, 0.25) is 5.95 Å². The fourth-order valence-electron chi connectivity index (χ4n) is 4.16. The molecule has 0 fully saturated rings. The van der Waals surface area contributed by atoms with Crippen molar-refractivity contribution in [2.24, 2.45) is 7.05 Å². The summed E-state index contributed by atoms with van der Waals surface area (Å²) in [7, 11) is 1.52. The van der Waals surface area contributed by atoms with E-state index in [0.29, 0.717) is 22.4 Å². The van der Waals surface area contributed by atoms with Crippen molar-refractivity contribution in [1.82, 2.24) is 14.5 Å². The number of nitrogens with two attached hydrogens (primary N) is 1. The number of halogens is 5. The van der Waals surface area contributed by atoms with E-state index in [1.807, 2.05) is 0 Å². The van der Waals surface area contributed by atoms with Crippen LogP contribution in [-0.4, -0.2) is 20.4 Å². The fraction of sp³-hybridized carbons (Fsp3) is 0.0714. The molecule has 13 heteroatoms. The SMILES string of the molecule is Cn1c(=O)c(-c2c(Cl)ccc(NC(=O)c3cccc(C(F)(F)F)c3)c2Cl)cc2cnc(Nc3cccc(N)c3)nc21. The highest BCUT2D eigenvalue weighted by molar-refractivity contribution is 6.41. The molecule has 0 aliphatic rings. The molecule has 2 heterocycles. The smallest absolute Gasteiger partial charge is 0.399 e. The Labute approximate surface area is 240 Å². The maximum atomic E-state index is 13.4. The van der Waals surface area contributed by atoms with Gasteiger partial charge < -0.3 is 16.4 Å². The van der Waals surface area contributed by atoms with Gasteiger partial charge in [0.1, 0.15) is 5.65 Å². The van der Waals surface area contributed by atoms with Crippen molar-refractivity contribution in [3.8, 4) is 11.1 Å². The first-order chi connectivity index (χ1) is 19.4. The predicted octanol–water partition coefficient (Wildman–Crippen LogP) is 6.90. The van der Waals surface area contributed by atoms with Gasteiger partial charge in [-0.2, -0.15) is 18.2 Å². The third kappa shape index (κ3) is 5.67. The van der Waals surface area contributed by atoms with Gasteiger partial charge in [-0.15, -0.1) is 0 Å². The first kappa shape index (κ1) is 27.9. The number of hydrogen-bond donors (Lipinski definition) is 3. The molecule has 2 aromatic heterocycles. The minimum atomic E-state index is -4.62. The average Bonchev–Trinajstić information content (AvgIpc) is 2.93. The van der Waals surface area contributed by atoms with Crippen molar-refractivity contribution in [2.75, 3.05) is 16.4 Å². The van der Waals surface area contributed by atoms with E-state index < -0.39 is 23.2 Å². The monoisotopic (exact) mass is 598 g/mol. The van der Waals surface area contributed by atoms with Crippen LogP contribution in [0.25, 0.3) is 22.2 Å². The second-order valence-corrected chi connectivity index (χ2v) is 9.75. The molecule has 5 aromatic rings. The van der Waals surface area contributed by atoms with Crippen LogP contribution in [0.2, 0.25) is 10.0 Å². The van der Waals surface area contributed by atoms with Crippen LogP contribution in [0.15, 0.2) is 77.7 Å². The molecule has 4 N–H and O–H groups in total. The highest BCUT2D eigenvalue weighted by Crippen LogP contribution is 2.39. The third-order valence-electron chi connectivity index (χ3n) is 6.15. The number of nitrogens with one attached hydrogen (secondary N) is 2. The van der Waals surface area contributed by atoms with E-state index in [1.54, 1.807) is 24.3 Å². The number of nitrogen functional groups attached to an aromatic ring is 1. The Morgan fingerprint density at radius 1 is 1.02 bits per heavy atom. The number of rotatable bonds is 5. The molecule has 0 aliphatic carbocycles. The molecule has 41 heavy (non-hydrogen) atoms.